The first-order chi connectivity index (χ1) is 22.5. The monoisotopic (exact) mass is 666 g/mol. The fraction of sp³-hybridized carbons (Fsp3) is 0.433. The van der Waals surface area contributed by atoms with Crippen LogP contribution < -0.4 is 10.6 Å². The van der Waals surface area contributed by atoms with Crippen LogP contribution in [-0.4, -0.2) is 92.4 Å². The summed E-state index contributed by atoms with van der Waals surface area (Å²) in [4.78, 5) is 32.1. The van der Waals surface area contributed by atoms with Crippen LogP contribution in [0, 0.1) is 0 Å². The lowest BCUT2D eigenvalue weighted by Crippen LogP contribution is -2.29. The second-order valence-corrected chi connectivity index (χ2v) is 10.5. The number of carbonyl (C=O) groups is 2. The zero-order valence-electron chi connectivity index (χ0n) is 25.5. The van der Waals surface area contributed by atoms with E-state index in [0.29, 0.717) is 42.1 Å². The number of halogens is 5. The highest BCUT2D eigenvalue weighted by molar-refractivity contribution is 5.96. The number of nitrogens with zero attached hydrogens (tertiary/aromatic N) is 6. The standard InChI is InChI=1S/C29H33F5N8O2.CH2O2/c1-2-19-15-20(5-6-21(19)28(43)36-8-13-44-14-12-40-9-3-4-10-40)38-26-27-37-16-23(42(27)11-7-35-26)22-17-41(18-24(30)31)39-25(22)29(32,33)34;2-1-3/h5-7,11,15-17,24H,2-4,8-10,12-14,18H2,1H3,(H,35,38)(H,36,43);1H,(H,2,3). The average molecular weight is 667 g/mol. The van der Waals surface area contributed by atoms with Crippen molar-refractivity contribution in [1.82, 2.24) is 34.4 Å². The highest BCUT2D eigenvalue weighted by Crippen LogP contribution is 2.37. The molecule has 1 saturated heterocycles. The summed E-state index contributed by atoms with van der Waals surface area (Å²) in [5.41, 5.74) is 0.435. The van der Waals surface area contributed by atoms with E-state index < -0.39 is 24.8 Å². The van der Waals surface area contributed by atoms with Gasteiger partial charge in [-0.2, -0.15) is 18.3 Å². The van der Waals surface area contributed by atoms with Gasteiger partial charge in [-0.3, -0.25) is 18.7 Å². The van der Waals surface area contributed by atoms with Crippen LogP contribution in [0.2, 0.25) is 0 Å². The molecule has 1 fully saturated rings. The quantitative estimate of drug-likeness (QED) is 0.105. The number of hydrogen-bond acceptors (Lipinski definition) is 8. The zero-order valence-corrected chi connectivity index (χ0v) is 25.5. The topological polar surface area (TPSA) is 139 Å². The van der Waals surface area contributed by atoms with Crippen LogP contribution in [0.25, 0.3) is 16.9 Å². The Morgan fingerprint density at radius 2 is 1.91 bits per heavy atom. The van der Waals surface area contributed by atoms with Crippen molar-refractivity contribution < 1.29 is 41.4 Å². The lowest BCUT2D eigenvalue weighted by Gasteiger charge is -2.15. The number of aromatic nitrogens is 5. The number of amides is 1. The molecular weight excluding hydrogens is 631 g/mol. The van der Waals surface area contributed by atoms with Gasteiger partial charge in [0.25, 0.3) is 18.8 Å². The maximum absolute atomic E-state index is 13.7. The Morgan fingerprint density at radius 1 is 1.17 bits per heavy atom. The summed E-state index contributed by atoms with van der Waals surface area (Å²) in [6.45, 7) is 5.23. The molecule has 3 N–H and O–H groups in total. The Kier molecular flexibility index (Phi) is 12.2. The van der Waals surface area contributed by atoms with E-state index in [-0.39, 0.29) is 35.1 Å². The van der Waals surface area contributed by atoms with Gasteiger partial charge in [-0.15, -0.1) is 0 Å². The van der Waals surface area contributed by atoms with E-state index in [0.717, 1.165) is 31.4 Å². The molecule has 1 amide bonds. The minimum Gasteiger partial charge on any atom is -0.483 e. The molecule has 12 nitrogen and oxygen atoms in total. The van der Waals surface area contributed by atoms with Crippen LogP contribution in [0.1, 0.15) is 41.4 Å². The number of ether oxygens (including phenoxy) is 1. The van der Waals surface area contributed by atoms with E-state index in [1.165, 1.54) is 35.8 Å². The summed E-state index contributed by atoms with van der Waals surface area (Å²) in [5.74, 6) is 0.0279. The molecule has 0 spiro atoms. The van der Waals surface area contributed by atoms with Crippen LogP contribution in [0.3, 0.4) is 0 Å². The van der Waals surface area contributed by atoms with Gasteiger partial charge in [-0.1, -0.05) is 6.92 Å². The molecule has 0 radical (unpaired) electrons. The smallest absolute Gasteiger partial charge is 0.435 e. The number of carboxylic acid groups (broad SMARTS) is 1. The van der Waals surface area contributed by atoms with Crippen LogP contribution in [-0.2, 0) is 28.7 Å². The first-order valence-electron chi connectivity index (χ1n) is 14.9. The number of aryl methyl sites for hydroxylation is 1. The predicted octanol–water partition coefficient (Wildman–Crippen LogP) is 4.73. The largest absolute Gasteiger partial charge is 0.483 e. The van der Waals surface area contributed by atoms with Gasteiger partial charge in [0.2, 0.25) is 0 Å². The molecule has 5 rings (SSSR count). The SMILES string of the molecule is CCc1cc(Nc2nccn3c(-c4cn(CC(F)F)nc4C(F)(F)F)cnc23)ccc1C(=O)NCCOCCN1CCCC1.O=CO. The van der Waals surface area contributed by atoms with E-state index in [2.05, 4.69) is 30.6 Å². The highest BCUT2D eigenvalue weighted by atomic mass is 19.4. The van der Waals surface area contributed by atoms with Gasteiger partial charge < -0.3 is 25.4 Å². The molecule has 4 aromatic rings. The fourth-order valence-corrected chi connectivity index (χ4v) is 5.22. The molecule has 1 aliphatic rings. The van der Waals surface area contributed by atoms with Crippen LogP contribution in [0.4, 0.5) is 33.5 Å². The lowest BCUT2D eigenvalue weighted by atomic mass is 10.0. The minimum absolute atomic E-state index is 0.0135. The van der Waals surface area contributed by atoms with Gasteiger partial charge in [-0.05, 0) is 56.1 Å². The molecule has 1 aromatic carbocycles. The predicted molar refractivity (Wildman–Crippen MR) is 162 cm³/mol. The zero-order chi connectivity index (χ0) is 34.0. The third kappa shape index (κ3) is 9.22. The van der Waals surface area contributed by atoms with E-state index in [9.17, 15) is 26.7 Å². The van der Waals surface area contributed by atoms with E-state index in [1.54, 1.807) is 18.2 Å². The Labute approximate surface area is 266 Å². The number of alkyl halides is 5. The molecule has 254 valence electrons. The van der Waals surface area contributed by atoms with Gasteiger partial charge >= 0.3 is 6.18 Å². The summed E-state index contributed by atoms with van der Waals surface area (Å²) < 4.78 is 74.6. The van der Waals surface area contributed by atoms with E-state index in [4.69, 9.17) is 14.6 Å². The summed E-state index contributed by atoms with van der Waals surface area (Å²) in [6.07, 6.45) is 0.235. The van der Waals surface area contributed by atoms with Crippen molar-refractivity contribution in [3.8, 4) is 11.3 Å². The van der Waals surface area contributed by atoms with E-state index in [1.807, 2.05) is 6.92 Å². The van der Waals surface area contributed by atoms with Crippen molar-refractivity contribution in [3.63, 3.8) is 0 Å². The fourth-order valence-electron chi connectivity index (χ4n) is 5.22. The van der Waals surface area contributed by atoms with Crippen LogP contribution in [0.15, 0.2) is 43.0 Å². The summed E-state index contributed by atoms with van der Waals surface area (Å²) in [5, 5.41) is 16.3. The molecule has 0 unspecified atom stereocenters. The normalized spacial score (nSPS) is 13.5. The number of fused-ring (bicyclic) bond motifs is 1. The average Bonchev–Trinajstić information content (AvgIpc) is 3.79. The number of nitrogens with one attached hydrogen (secondary N) is 2. The van der Waals surface area contributed by atoms with Gasteiger partial charge in [0.15, 0.2) is 17.2 Å². The van der Waals surface area contributed by atoms with Crippen molar-refractivity contribution in [3.05, 3.63) is 59.8 Å². The Balaban J connectivity index is 0.00000160. The first-order valence-corrected chi connectivity index (χ1v) is 14.9. The second-order valence-electron chi connectivity index (χ2n) is 10.5. The molecule has 4 heterocycles. The lowest BCUT2D eigenvalue weighted by molar-refractivity contribution is -0.141. The van der Waals surface area contributed by atoms with Gasteiger partial charge in [0, 0.05) is 42.9 Å². The van der Waals surface area contributed by atoms with Gasteiger partial charge in [0.1, 0.15) is 6.54 Å². The maximum Gasteiger partial charge on any atom is 0.435 e. The Hall–Kier alpha value is -4.64. The summed E-state index contributed by atoms with van der Waals surface area (Å²) in [6, 6.07) is 5.19. The molecular formula is C30H35F5N8O4. The first kappa shape index (κ1) is 35.2. The minimum atomic E-state index is -4.87. The number of carbonyl (C=O) groups excluding carboxylic acids is 1. The number of benzene rings is 1. The third-order valence-corrected chi connectivity index (χ3v) is 7.34. The number of likely N-dealkylation sites (tertiary alicyclic amines) is 1. The third-order valence-electron chi connectivity index (χ3n) is 7.34. The van der Waals surface area contributed by atoms with Crippen molar-refractivity contribution >= 4 is 29.5 Å². The molecule has 0 atom stereocenters. The Morgan fingerprint density at radius 3 is 2.60 bits per heavy atom. The van der Waals surface area contributed by atoms with Crippen molar-refractivity contribution in [1.29, 1.82) is 0 Å². The molecule has 0 aliphatic carbocycles. The van der Waals surface area contributed by atoms with Gasteiger partial charge in [0.05, 0.1) is 30.7 Å². The van der Waals surface area contributed by atoms with Crippen LogP contribution >= 0.6 is 0 Å². The van der Waals surface area contributed by atoms with Gasteiger partial charge in [-0.25, -0.2) is 18.7 Å². The van der Waals surface area contributed by atoms with Crippen molar-refractivity contribution in [2.45, 2.75) is 45.3 Å². The highest BCUT2D eigenvalue weighted by Gasteiger charge is 2.38. The molecule has 47 heavy (non-hydrogen) atoms. The number of hydrogen-bond donors (Lipinski definition) is 3. The number of anilines is 2. The summed E-state index contributed by atoms with van der Waals surface area (Å²) in [7, 11) is 0. The molecule has 17 heteroatoms. The van der Waals surface area contributed by atoms with Crippen molar-refractivity contribution in [2.24, 2.45) is 0 Å². The Bertz CT molecular complexity index is 1640. The molecule has 1 aliphatic heterocycles. The number of imidazole rings is 1. The second kappa shape index (κ2) is 16.3. The molecule has 0 bridgehead atoms. The van der Waals surface area contributed by atoms with Crippen LogP contribution in [0.5, 0.6) is 0 Å². The van der Waals surface area contributed by atoms with Crippen molar-refractivity contribution in [2.75, 3.05) is 44.7 Å². The molecule has 3 aromatic heterocycles. The maximum atomic E-state index is 13.7. The summed E-state index contributed by atoms with van der Waals surface area (Å²) >= 11 is 0. The molecule has 0 saturated carbocycles. The van der Waals surface area contributed by atoms with E-state index >= 15 is 0 Å². The number of rotatable bonds is 13.